The summed E-state index contributed by atoms with van der Waals surface area (Å²) in [6, 6.07) is 11.6. The summed E-state index contributed by atoms with van der Waals surface area (Å²) in [4.78, 5) is 18.4. The van der Waals surface area contributed by atoms with E-state index in [9.17, 15) is 18.0 Å². The Labute approximate surface area is 193 Å². The molecular weight excluding hydrogens is 455 g/mol. The highest BCUT2D eigenvalue weighted by molar-refractivity contribution is 7.98. The van der Waals surface area contributed by atoms with Gasteiger partial charge in [0, 0.05) is 27.5 Å². The monoisotopic (exact) mass is 477 g/mol. The van der Waals surface area contributed by atoms with Gasteiger partial charge in [0.05, 0.1) is 18.4 Å². The SMILES string of the molecule is COC(=O)CC1Cc2ccc(SCc3sc(-c4ccc(C(F)(F)F)cc4)nc3C)cc2C1. The summed E-state index contributed by atoms with van der Waals surface area (Å²) in [5.74, 6) is 0.878. The molecule has 4 rings (SSSR count). The van der Waals surface area contributed by atoms with Gasteiger partial charge >= 0.3 is 12.1 Å². The first kappa shape index (κ1) is 22.9. The second kappa shape index (κ2) is 9.27. The highest BCUT2D eigenvalue weighted by atomic mass is 32.2. The average Bonchev–Trinajstić information content (AvgIpc) is 3.33. The number of esters is 1. The second-order valence-corrected chi connectivity index (χ2v) is 10.0. The molecule has 1 aliphatic rings. The van der Waals surface area contributed by atoms with Crippen molar-refractivity contribution in [1.82, 2.24) is 4.98 Å². The lowest BCUT2D eigenvalue weighted by atomic mass is 10.0. The highest BCUT2D eigenvalue weighted by Gasteiger charge is 2.30. The van der Waals surface area contributed by atoms with Crippen LogP contribution in [-0.4, -0.2) is 18.1 Å². The van der Waals surface area contributed by atoms with E-state index >= 15 is 0 Å². The van der Waals surface area contributed by atoms with Crippen molar-refractivity contribution in [3.05, 3.63) is 69.7 Å². The zero-order valence-corrected chi connectivity index (χ0v) is 19.3. The molecule has 1 aliphatic carbocycles. The Balaban J connectivity index is 1.41. The van der Waals surface area contributed by atoms with Crippen molar-refractivity contribution in [1.29, 1.82) is 0 Å². The quantitative estimate of drug-likeness (QED) is 0.292. The highest BCUT2D eigenvalue weighted by Crippen LogP contribution is 2.37. The zero-order chi connectivity index (χ0) is 22.9. The van der Waals surface area contributed by atoms with E-state index in [1.54, 1.807) is 11.8 Å². The Morgan fingerprint density at radius 2 is 1.88 bits per heavy atom. The van der Waals surface area contributed by atoms with E-state index in [-0.39, 0.29) is 5.97 Å². The van der Waals surface area contributed by atoms with Crippen molar-refractivity contribution in [2.24, 2.45) is 5.92 Å². The van der Waals surface area contributed by atoms with Crippen LogP contribution >= 0.6 is 23.1 Å². The molecule has 0 saturated carbocycles. The number of nitrogens with zero attached hydrogens (tertiary/aromatic N) is 1. The second-order valence-electron chi connectivity index (χ2n) is 7.88. The Kier molecular flexibility index (Phi) is 6.62. The number of carbonyl (C=O) groups excluding carboxylic acids is 1. The summed E-state index contributed by atoms with van der Waals surface area (Å²) in [6.07, 6.45) is -2.11. The van der Waals surface area contributed by atoms with Crippen LogP contribution in [0.3, 0.4) is 0 Å². The van der Waals surface area contributed by atoms with Crippen LogP contribution in [-0.2, 0) is 34.3 Å². The van der Waals surface area contributed by atoms with Crippen molar-refractivity contribution in [2.75, 3.05) is 7.11 Å². The summed E-state index contributed by atoms with van der Waals surface area (Å²) < 4.78 is 43.2. The van der Waals surface area contributed by atoms with E-state index in [0.717, 1.165) is 51.2 Å². The Morgan fingerprint density at radius 3 is 2.56 bits per heavy atom. The molecule has 2 aromatic carbocycles. The van der Waals surface area contributed by atoms with Crippen LogP contribution in [0, 0.1) is 12.8 Å². The van der Waals surface area contributed by atoms with Crippen LogP contribution in [0.2, 0.25) is 0 Å². The largest absolute Gasteiger partial charge is 0.469 e. The number of aryl methyl sites for hydroxylation is 1. The fourth-order valence-electron chi connectivity index (χ4n) is 3.87. The third-order valence-electron chi connectivity index (χ3n) is 5.60. The Hall–Kier alpha value is -2.32. The van der Waals surface area contributed by atoms with E-state index in [0.29, 0.717) is 17.9 Å². The molecule has 1 unspecified atom stereocenters. The summed E-state index contributed by atoms with van der Waals surface area (Å²) >= 11 is 3.23. The lowest BCUT2D eigenvalue weighted by Crippen LogP contribution is -2.09. The van der Waals surface area contributed by atoms with E-state index in [1.807, 2.05) is 6.92 Å². The first-order valence-corrected chi connectivity index (χ1v) is 12.0. The van der Waals surface area contributed by atoms with Crippen LogP contribution < -0.4 is 0 Å². The number of thiazole rings is 1. The molecule has 0 saturated heterocycles. The molecule has 1 aromatic heterocycles. The van der Waals surface area contributed by atoms with Crippen molar-refractivity contribution >= 4 is 29.1 Å². The summed E-state index contributed by atoms with van der Waals surface area (Å²) in [7, 11) is 1.42. The summed E-state index contributed by atoms with van der Waals surface area (Å²) in [6.45, 7) is 1.93. The molecule has 0 bridgehead atoms. The molecular formula is C24H22F3NO2S2. The van der Waals surface area contributed by atoms with Gasteiger partial charge in [0.1, 0.15) is 5.01 Å². The van der Waals surface area contributed by atoms with E-state index in [2.05, 4.69) is 23.2 Å². The van der Waals surface area contributed by atoms with Gasteiger partial charge in [0.15, 0.2) is 0 Å². The minimum absolute atomic E-state index is 0.165. The average molecular weight is 478 g/mol. The van der Waals surface area contributed by atoms with E-state index in [1.165, 1.54) is 41.7 Å². The number of halogens is 3. The normalized spacial score (nSPS) is 15.6. The van der Waals surface area contributed by atoms with Crippen molar-refractivity contribution < 1.29 is 22.7 Å². The first-order valence-electron chi connectivity index (χ1n) is 10.2. The fourth-order valence-corrected chi connectivity index (χ4v) is 6.05. The van der Waals surface area contributed by atoms with E-state index in [4.69, 9.17) is 4.74 Å². The fraction of sp³-hybridized carbons (Fsp3) is 0.333. The molecule has 3 nitrogen and oxygen atoms in total. The van der Waals surface area contributed by atoms with Crippen molar-refractivity contribution in [3.63, 3.8) is 0 Å². The third kappa shape index (κ3) is 5.18. The van der Waals surface area contributed by atoms with E-state index < -0.39 is 11.7 Å². The van der Waals surface area contributed by atoms with Crippen LogP contribution in [0.4, 0.5) is 13.2 Å². The lowest BCUT2D eigenvalue weighted by molar-refractivity contribution is -0.141. The maximum Gasteiger partial charge on any atom is 0.416 e. The maximum absolute atomic E-state index is 12.8. The molecule has 1 atom stereocenters. The number of fused-ring (bicyclic) bond motifs is 1. The van der Waals surface area contributed by atoms with Crippen LogP contribution in [0.5, 0.6) is 0 Å². The number of hydrogen-bond donors (Lipinski definition) is 0. The Morgan fingerprint density at radius 1 is 1.16 bits per heavy atom. The summed E-state index contributed by atoms with van der Waals surface area (Å²) in [5, 5.41) is 0.728. The molecule has 3 aromatic rings. The predicted molar refractivity (Wildman–Crippen MR) is 121 cm³/mol. The summed E-state index contributed by atoms with van der Waals surface area (Å²) in [5.41, 5.74) is 3.51. The van der Waals surface area contributed by atoms with Gasteiger partial charge in [-0.25, -0.2) is 4.98 Å². The number of hydrogen-bond acceptors (Lipinski definition) is 5. The Bertz CT molecular complexity index is 1120. The number of ether oxygens (including phenoxy) is 1. The molecule has 0 N–H and O–H groups in total. The predicted octanol–water partition coefficient (Wildman–Crippen LogP) is 6.71. The van der Waals surface area contributed by atoms with Gasteiger partial charge in [-0.2, -0.15) is 13.2 Å². The molecule has 168 valence electrons. The maximum atomic E-state index is 12.8. The molecule has 8 heteroatoms. The third-order valence-corrected chi connectivity index (χ3v) is 8.01. The molecule has 32 heavy (non-hydrogen) atoms. The molecule has 0 amide bonds. The number of carbonyl (C=O) groups is 1. The van der Waals surface area contributed by atoms with Crippen LogP contribution in [0.15, 0.2) is 47.4 Å². The van der Waals surface area contributed by atoms with Gasteiger partial charge in [0.25, 0.3) is 0 Å². The van der Waals surface area contributed by atoms with Gasteiger partial charge < -0.3 is 4.74 Å². The number of rotatable bonds is 6. The van der Waals surface area contributed by atoms with Gasteiger partial charge in [-0.05, 0) is 61.1 Å². The number of methoxy groups -OCH3 is 1. The van der Waals surface area contributed by atoms with Gasteiger partial charge in [0.2, 0.25) is 0 Å². The molecule has 0 radical (unpaired) electrons. The minimum atomic E-state index is -4.34. The van der Waals surface area contributed by atoms with Gasteiger partial charge in [-0.1, -0.05) is 18.2 Å². The first-order chi connectivity index (χ1) is 15.2. The standard InChI is InChI=1S/C24H22F3NO2S2/c1-14-21(32-23(28-14)16-3-6-19(7-4-16)24(25,26)27)13-31-20-8-5-17-9-15(10-18(17)12-20)11-22(29)30-2/h3-8,12,15H,9-11,13H2,1-2H3. The molecule has 1 heterocycles. The topological polar surface area (TPSA) is 39.2 Å². The lowest BCUT2D eigenvalue weighted by Gasteiger charge is -2.06. The van der Waals surface area contributed by atoms with Crippen LogP contribution in [0.1, 0.15) is 33.7 Å². The van der Waals surface area contributed by atoms with Crippen molar-refractivity contribution in [2.45, 2.75) is 43.0 Å². The molecule has 0 aliphatic heterocycles. The van der Waals surface area contributed by atoms with Gasteiger partial charge in [-0.3, -0.25) is 4.79 Å². The zero-order valence-electron chi connectivity index (χ0n) is 17.7. The van der Waals surface area contributed by atoms with Gasteiger partial charge in [-0.15, -0.1) is 23.1 Å². The molecule has 0 spiro atoms. The number of thioether (sulfide) groups is 1. The number of aromatic nitrogens is 1. The van der Waals surface area contributed by atoms with Crippen molar-refractivity contribution in [3.8, 4) is 10.6 Å². The van der Waals surface area contributed by atoms with Crippen LogP contribution in [0.25, 0.3) is 10.6 Å². The smallest absolute Gasteiger partial charge is 0.416 e. The molecule has 0 fully saturated rings. The number of alkyl halides is 3. The number of benzene rings is 2. The minimum Gasteiger partial charge on any atom is -0.469 e.